The van der Waals surface area contributed by atoms with Gasteiger partial charge < -0.3 is 14.2 Å². The molecule has 29 heavy (non-hydrogen) atoms. The summed E-state index contributed by atoms with van der Waals surface area (Å²) in [7, 11) is 0. The summed E-state index contributed by atoms with van der Waals surface area (Å²) >= 11 is 0. The van der Waals surface area contributed by atoms with Crippen LogP contribution in [0.2, 0.25) is 0 Å². The molecule has 5 heteroatoms. The van der Waals surface area contributed by atoms with E-state index in [1.807, 2.05) is 29.2 Å². The number of aryl methyl sites for hydroxylation is 2. The summed E-state index contributed by atoms with van der Waals surface area (Å²) in [6.07, 6.45) is 2.89. The monoisotopic (exact) mass is 391 g/mol. The number of para-hydroxylation sites is 2. The van der Waals surface area contributed by atoms with Crippen molar-refractivity contribution in [1.29, 1.82) is 0 Å². The van der Waals surface area contributed by atoms with Gasteiger partial charge in [-0.3, -0.25) is 4.79 Å². The predicted octanol–water partition coefficient (Wildman–Crippen LogP) is 4.81. The van der Waals surface area contributed by atoms with Gasteiger partial charge in [-0.1, -0.05) is 24.3 Å². The van der Waals surface area contributed by atoms with Crippen LogP contribution >= 0.6 is 0 Å². The van der Waals surface area contributed by atoms with Gasteiger partial charge in [0.1, 0.15) is 11.6 Å². The van der Waals surface area contributed by atoms with Crippen LogP contribution in [0, 0.1) is 13.8 Å². The fraction of sp³-hybridized carbons (Fsp3) is 0.417. The average Bonchev–Trinajstić information content (AvgIpc) is 3.33. The molecule has 0 radical (unpaired) electrons. The van der Waals surface area contributed by atoms with Crippen LogP contribution in [-0.2, 0) is 11.3 Å². The Kier molecular flexibility index (Phi) is 5.56. The van der Waals surface area contributed by atoms with Gasteiger partial charge in [-0.25, -0.2) is 4.98 Å². The van der Waals surface area contributed by atoms with E-state index in [9.17, 15) is 4.79 Å². The second-order valence-electron chi connectivity index (χ2n) is 7.88. The summed E-state index contributed by atoms with van der Waals surface area (Å²) in [4.78, 5) is 19.0. The molecule has 0 aliphatic carbocycles. The lowest BCUT2D eigenvalue weighted by Crippen LogP contribution is -2.30. The second kappa shape index (κ2) is 8.27. The van der Waals surface area contributed by atoms with E-state index in [0.717, 1.165) is 55.0 Å². The van der Waals surface area contributed by atoms with E-state index in [4.69, 9.17) is 9.72 Å². The number of amides is 1. The number of rotatable bonds is 6. The summed E-state index contributed by atoms with van der Waals surface area (Å²) in [5, 5.41) is 0. The molecule has 3 aromatic rings. The van der Waals surface area contributed by atoms with Gasteiger partial charge >= 0.3 is 0 Å². The quantitative estimate of drug-likeness (QED) is 0.567. The van der Waals surface area contributed by atoms with Crippen molar-refractivity contribution in [3.05, 3.63) is 59.4 Å². The van der Waals surface area contributed by atoms with Crippen LogP contribution < -0.4 is 4.74 Å². The molecule has 2 heterocycles. The number of carbonyl (C=O) groups is 1. The number of ether oxygens (including phenoxy) is 1. The van der Waals surface area contributed by atoms with E-state index in [0.29, 0.717) is 6.61 Å². The highest BCUT2D eigenvalue weighted by atomic mass is 16.5. The third-order valence-electron chi connectivity index (χ3n) is 5.98. The summed E-state index contributed by atoms with van der Waals surface area (Å²) in [6, 6.07) is 14.5. The standard InChI is InChI=1S/C24H29N3O2/c1-17-9-6-13-23(18(17)2)29-16-8-15-27-21-11-5-4-10-20(21)25-24(27)22-12-7-14-26(22)19(3)28/h4-6,9-11,13,22H,7-8,12,14-16H2,1-3H3/t22-/m1/s1. The maximum atomic E-state index is 12.1. The van der Waals surface area contributed by atoms with E-state index >= 15 is 0 Å². The van der Waals surface area contributed by atoms with Gasteiger partial charge in [-0.2, -0.15) is 0 Å². The van der Waals surface area contributed by atoms with Gasteiger partial charge in [0, 0.05) is 20.0 Å². The molecule has 0 N–H and O–H groups in total. The van der Waals surface area contributed by atoms with Crippen molar-refractivity contribution < 1.29 is 9.53 Å². The lowest BCUT2D eigenvalue weighted by molar-refractivity contribution is -0.129. The fourth-order valence-electron chi connectivity index (χ4n) is 4.28. The smallest absolute Gasteiger partial charge is 0.220 e. The highest BCUT2D eigenvalue weighted by Crippen LogP contribution is 2.33. The zero-order valence-electron chi connectivity index (χ0n) is 17.5. The van der Waals surface area contributed by atoms with Crippen LogP contribution in [0.1, 0.15) is 49.2 Å². The Morgan fingerprint density at radius 1 is 1.17 bits per heavy atom. The van der Waals surface area contributed by atoms with E-state index in [2.05, 4.69) is 36.6 Å². The fourth-order valence-corrected chi connectivity index (χ4v) is 4.28. The molecule has 1 amide bonds. The van der Waals surface area contributed by atoms with Crippen LogP contribution in [0.15, 0.2) is 42.5 Å². The molecule has 1 saturated heterocycles. The summed E-state index contributed by atoms with van der Waals surface area (Å²) in [5.41, 5.74) is 4.57. The molecule has 2 aromatic carbocycles. The Balaban J connectivity index is 1.53. The van der Waals surface area contributed by atoms with Crippen LogP contribution in [0.4, 0.5) is 0 Å². The minimum atomic E-state index is 0.0693. The Morgan fingerprint density at radius 2 is 2.00 bits per heavy atom. The van der Waals surface area contributed by atoms with Crippen molar-refractivity contribution in [2.75, 3.05) is 13.2 Å². The van der Waals surface area contributed by atoms with Gasteiger partial charge in [-0.05, 0) is 62.4 Å². The number of likely N-dealkylation sites (tertiary alicyclic amines) is 1. The van der Waals surface area contributed by atoms with E-state index in [1.54, 1.807) is 6.92 Å². The van der Waals surface area contributed by atoms with Crippen LogP contribution in [0.5, 0.6) is 5.75 Å². The molecule has 1 fully saturated rings. The first-order valence-corrected chi connectivity index (χ1v) is 10.5. The number of nitrogens with zero attached hydrogens (tertiary/aromatic N) is 3. The molecule has 152 valence electrons. The van der Waals surface area contributed by atoms with Crippen molar-refractivity contribution in [3.63, 3.8) is 0 Å². The Bertz CT molecular complexity index is 1020. The predicted molar refractivity (Wildman–Crippen MR) is 115 cm³/mol. The minimum absolute atomic E-state index is 0.0693. The molecular formula is C24H29N3O2. The van der Waals surface area contributed by atoms with Gasteiger partial charge in [0.15, 0.2) is 0 Å². The summed E-state index contributed by atoms with van der Waals surface area (Å²) in [6.45, 7) is 8.15. The number of hydrogen-bond acceptors (Lipinski definition) is 3. The average molecular weight is 392 g/mol. The van der Waals surface area contributed by atoms with Gasteiger partial charge in [-0.15, -0.1) is 0 Å². The molecule has 1 atom stereocenters. The minimum Gasteiger partial charge on any atom is -0.493 e. The molecule has 5 nitrogen and oxygen atoms in total. The van der Waals surface area contributed by atoms with Crippen molar-refractivity contribution in [2.45, 2.75) is 52.6 Å². The zero-order valence-corrected chi connectivity index (χ0v) is 17.5. The molecule has 0 spiro atoms. The molecule has 0 saturated carbocycles. The van der Waals surface area contributed by atoms with Crippen molar-refractivity contribution in [3.8, 4) is 5.75 Å². The number of hydrogen-bond donors (Lipinski definition) is 0. The van der Waals surface area contributed by atoms with Crippen molar-refractivity contribution in [2.24, 2.45) is 0 Å². The third kappa shape index (κ3) is 3.86. The van der Waals surface area contributed by atoms with Crippen LogP contribution in [0.3, 0.4) is 0 Å². The molecule has 0 unspecified atom stereocenters. The SMILES string of the molecule is CC(=O)N1CCC[C@@H]1c1nc2ccccc2n1CCCOc1cccc(C)c1C. The molecule has 1 aliphatic rings. The third-order valence-corrected chi connectivity index (χ3v) is 5.98. The van der Waals surface area contributed by atoms with E-state index in [1.165, 1.54) is 11.1 Å². The van der Waals surface area contributed by atoms with Gasteiger partial charge in [0.2, 0.25) is 5.91 Å². The molecule has 1 aliphatic heterocycles. The largest absolute Gasteiger partial charge is 0.493 e. The van der Waals surface area contributed by atoms with Gasteiger partial charge in [0.05, 0.1) is 23.7 Å². The first-order chi connectivity index (χ1) is 14.1. The van der Waals surface area contributed by atoms with E-state index < -0.39 is 0 Å². The summed E-state index contributed by atoms with van der Waals surface area (Å²) in [5.74, 6) is 2.09. The lowest BCUT2D eigenvalue weighted by Gasteiger charge is -2.24. The van der Waals surface area contributed by atoms with Crippen LogP contribution in [-0.4, -0.2) is 33.5 Å². The summed E-state index contributed by atoms with van der Waals surface area (Å²) < 4.78 is 8.34. The Morgan fingerprint density at radius 3 is 2.83 bits per heavy atom. The first kappa shape index (κ1) is 19.5. The number of imidazole rings is 1. The van der Waals surface area contributed by atoms with E-state index in [-0.39, 0.29) is 11.9 Å². The van der Waals surface area contributed by atoms with Crippen LogP contribution in [0.25, 0.3) is 11.0 Å². The number of benzene rings is 2. The Labute approximate surface area is 172 Å². The number of fused-ring (bicyclic) bond motifs is 1. The molecule has 1 aromatic heterocycles. The highest BCUT2D eigenvalue weighted by molar-refractivity contribution is 5.77. The number of carbonyl (C=O) groups excluding carboxylic acids is 1. The maximum Gasteiger partial charge on any atom is 0.220 e. The molecular weight excluding hydrogens is 362 g/mol. The van der Waals surface area contributed by atoms with Gasteiger partial charge in [0.25, 0.3) is 0 Å². The molecule has 0 bridgehead atoms. The second-order valence-corrected chi connectivity index (χ2v) is 7.88. The lowest BCUT2D eigenvalue weighted by atomic mass is 10.1. The normalized spacial score (nSPS) is 16.5. The van der Waals surface area contributed by atoms with Crippen molar-refractivity contribution >= 4 is 16.9 Å². The zero-order chi connectivity index (χ0) is 20.4. The topological polar surface area (TPSA) is 47.4 Å². The Hall–Kier alpha value is -2.82. The number of aromatic nitrogens is 2. The van der Waals surface area contributed by atoms with Crippen molar-refractivity contribution in [1.82, 2.24) is 14.5 Å². The first-order valence-electron chi connectivity index (χ1n) is 10.5. The maximum absolute atomic E-state index is 12.1. The molecule has 4 rings (SSSR count). The highest BCUT2D eigenvalue weighted by Gasteiger charge is 2.32.